The van der Waals surface area contributed by atoms with Crippen LogP contribution in [0.4, 0.5) is 4.79 Å². The number of carbonyl (C=O) groups is 1. The zero-order chi connectivity index (χ0) is 10.6. The lowest BCUT2D eigenvalue weighted by atomic mass is 9.88. The molecule has 1 aliphatic rings. The van der Waals surface area contributed by atoms with Crippen molar-refractivity contribution < 1.29 is 15.0 Å². The number of hydrogen-bond donors (Lipinski definition) is 2. The number of azide groups is 1. The Morgan fingerprint density at radius 2 is 2.43 bits per heavy atom. The first-order chi connectivity index (χ1) is 6.63. The normalized spacial score (nSPS) is 25.9. The van der Waals surface area contributed by atoms with Crippen LogP contribution >= 0.6 is 0 Å². The van der Waals surface area contributed by atoms with Crippen molar-refractivity contribution in [1.29, 1.82) is 0 Å². The molecule has 0 aliphatic carbocycles. The maximum Gasteiger partial charge on any atom is 0.407 e. The molecular weight excluding hydrogens is 188 g/mol. The van der Waals surface area contributed by atoms with Crippen molar-refractivity contribution in [2.24, 2.45) is 10.5 Å². The fraction of sp³-hybridized carbons (Fsp3) is 0.857. The molecule has 0 bridgehead atoms. The second-order valence-electron chi connectivity index (χ2n) is 3.50. The van der Waals surface area contributed by atoms with Crippen molar-refractivity contribution in [3.63, 3.8) is 0 Å². The highest BCUT2D eigenvalue weighted by atomic mass is 16.4. The zero-order valence-corrected chi connectivity index (χ0v) is 7.63. The Labute approximate surface area is 80.6 Å². The maximum absolute atomic E-state index is 10.6. The van der Waals surface area contributed by atoms with Gasteiger partial charge in [-0.15, -0.1) is 0 Å². The molecule has 1 saturated heterocycles. The van der Waals surface area contributed by atoms with Gasteiger partial charge in [-0.25, -0.2) is 4.79 Å². The summed E-state index contributed by atoms with van der Waals surface area (Å²) < 4.78 is 0. The Morgan fingerprint density at radius 3 is 2.86 bits per heavy atom. The molecule has 1 unspecified atom stereocenters. The predicted octanol–water partition coefficient (Wildman–Crippen LogP) is 0.659. The lowest BCUT2D eigenvalue weighted by Gasteiger charge is -2.23. The first-order valence-electron chi connectivity index (χ1n) is 4.23. The van der Waals surface area contributed by atoms with Gasteiger partial charge in [0.15, 0.2) is 0 Å². The second kappa shape index (κ2) is 4.17. The lowest BCUT2D eigenvalue weighted by molar-refractivity contribution is 0.123. The molecule has 0 radical (unpaired) electrons. The first kappa shape index (κ1) is 10.6. The van der Waals surface area contributed by atoms with E-state index in [1.165, 1.54) is 4.90 Å². The van der Waals surface area contributed by atoms with Crippen LogP contribution in [0.15, 0.2) is 5.11 Å². The Morgan fingerprint density at radius 1 is 1.71 bits per heavy atom. The molecule has 2 N–H and O–H groups in total. The topological polar surface area (TPSA) is 110 Å². The average Bonchev–Trinajstić information content (AvgIpc) is 2.60. The van der Waals surface area contributed by atoms with Crippen LogP contribution in [0, 0.1) is 5.41 Å². The van der Waals surface area contributed by atoms with Gasteiger partial charge in [-0.3, -0.25) is 0 Å². The molecule has 1 amide bonds. The molecule has 0 aromatic rings. The fourth-order valence-corrected chi connectivity index (χ4v) is 1.59. The lowest BCUT2D eigenvalue weighted by Crippen LogP contribution is -2.35. The van der Waals surface area contributed by atoms with Gasteiger partial charge in [-0.2, -0.15) is 0 Å². The molecule has 0 aromatic heterocycles. The summed E-state index contributed by atoms with van der Waals surface area (Å²) >= 11 is 0. The van der Waals surface area contributed by atoms with Gasteiger partial charge in [-0.1, -0.05) is 5.11 Å². The van der Waals surface area contributed by atoms with E-state index in [-0.39, 0.29) is 19.7 Å². The smallest absolute Gasteiger partial charge is 0.407 e. The van der Waals surface area contributed by atoms with Gasteiger partial charge in [0.2, 0.25) is 0 Å². The molecule has 1 atom stereocenters. The van der Waals surface area contributed by atoms with Gasteiger partial charge in [0.1, 0.15) is 0 Å². The molecule has 0 aromatic carbocycles. The Hall–Kier alpha value is -1.46. The van der Waals surface area contributed by atoms with E-state index in [0.29, 0.717) is 13.0 Å². The van der Waals surface area contributed by atoms with Gasteiger partial charge in [0, 0.05) is 30.0 Å². The third-order valence-electron chi connectivity index (χ3n) is 2.51. The maximum atomic E-state index is 10.6. The number of aliphatic hydroxyl groups is 1. The Bertz CT molecular complexity index is 276. The molecule has 0 saturated carbocycles. The monoisotopic (exact) mass is 200 g/mol. The molecule has 0 spiro atoms. The van der Waals surface area contributed by atoms with E-state index >= 15 is 0 Å². The average molecular weight is 200 g/mol. The van der Waals surface area contributed by atoms with Crippen LogP contribution in [0.1, 0.15) is 6.42 Å². The van der Waals surface area contributed by atoms with Crippen molar-refractivity contribution in [2.45, 2.75) is 6.42 Å². The van der Waals surface area contributed by atoms with Crippen LogP contribution in [0.2, 0.25) is 0 Å². The van der Waals surface area contributed by atoms with Crippen LogP contribution in [0.3, 0.4) is 0 Å². The summed E-state index contributed by atoms with van der Waals surface area (Å²) in [6.07, 6.45) is -0.462. The minimum Gasteiger partial charge on any atom is -0.465 e. The van der Waals surface area contributed by atoms with E-state index in [4.69, 9.17) is 15.7 Å². The highest BCUT2D eigenvalue weighted by Crippen LogP contribution is 2.30. The van der Waals surface area contributed by atoms with Gasteiger partial charge < -0.3 is 15.1 Å². The molecular formula is C7H12N4O3. The van der Waals surface area contributed by atoms with Gasteiger partial charge in [-0.05, 0) is 12.0 Å². The SMILES string of the molecule is [N-]=[N+]=NCC1(CO)CCN(C(=O)O)C1. The molecule has 1 rings (SSSR count). The van der Waals surface area contributed by atoms with Crippen LogP contribution in [0.5, 0.6) is 0 Å². The molecule has 1 fully saturated rings. The highest BCUT2D eigenvalue weighted by Gasteiger charge is 2.38. The third kappa shape index (κ3) is 2.07. The number of amides is 1. The van der Waals surface area contributed by atoms with Gasteiger partial charge in [0.05, 0.1) is 6.61 Å². The van der Waals surface area contributed by atoms with Crippen LogP contribution in [-0.4, -0.2) is 47.4 Å². The number of hydrogen-bond acceptors (Lipinski definition) is 3. The van der Waals surface area contributed by atoms with E-state index in [2.05, 4.69) is 10.0 Å². The Kier molecular flexibility index (Phi) is 3.16. The minimum absolute atomic E-state index is 0.143. The summed E-state index contributed by atoms with van der Waals surface area (Å²) in [6.45, 7) is 0.605. The van der Waals surface area contributed by atoms with Gasteiger partial charge >= 0.3 is 6.09 Å². The van der Waals surface area contributed by atoms with E-state index in [9.17, 15) is 4.79 Å². The highest BCUT2D eigenvalue weighted by molar-refractivity contribution is 5.65. The summed E-state index contributed by atoms with van der Waals surface area (Å²) in [6, 6.07) is 0. The van der Waals surface area contributed by atoms with Crippen LogP contribution in [-0.2, 0) is 0 Å². The Balaban J connectivity index is 2.65. The van der Waals surface area contributed by atoms with Crippen molar-refractivity contribution in [2.75, 3.05) is 26.2 Å². The molecule has 14 heavy (non-hydrogen) atoms. The second-order valence-corrected chi connectivity index (χ2v) is 3.50. The summed E-state index contributed by atoms with van der Waals surface area (Å²) in [5.74, 6) is 0. The third-order valence-corrected chi connectivity index (χ3v) is 2.51. The van der Waals surface area contributed by atoms with Crippen LogP contribution in [0.25, 0.3) is 10.4 Å². The number of rotatable bonds is 3. The molecule has 1 aliphatic heterocycles. The number of likely N-dealkylation sites (tertiary alicyclic amines) is 1. The van der Waals surface area contributed by atoms with Crippen molar-refractivity contribution in [1.82, 2.24) is 4.90 Å². The molecule has 7 heteroatoms. The summed E-state index contributed by atoms with van der Waals surface area (Å²) in [4.78, 5) is 14.5. The summed E-state index contributed by atoms with van der Waals surface area (Å²) in [5.41, 5.74) is 7.58. The van der Waals surface area contributed by atoms with Crippen molar-refractivity contribution in [3.05, 3.63) is 10.4 Å². The minimum atomic E-state index is -0.999. The molecule has 78 valence electrons. The first-order valence-corrected chi connectivity index (χ1v) is 4.23. The predicted molar refractivity (Wildman–Crippen MR) is 47.7 cm³/mol. The van der Waals surface area contributed by atoms with Crippen molar-refractivity contribution >= 4 is 6.09 Å². The van der Waals surface area contributed by atoms with Gasteiger partial charge in [0.25, 0.3) is 0 Å². The van der Waals surface area contributed by atoms with E-state index < -0.39 is 11.5 Å². The van der Waals surface area contributed by atoms with E-state index in [1.54, 1.807) is 0 Å². The summed E-state index contributed by atoms with van der Waals surface area (Å²) in [7, 11) is 0. The van der Waals surface area contributed by atoms with Crippen molar-refractivity contribution in [3.8, 4) is 0 Å². The number of nitrogens with zero attached hydrogens (tertiary/aromatic N) is 4. The fourth-order valence-electron chi connectivity index (χ4n) is 1.59. The number of aliphatic hydroxyl groups excluding tert-OH is 1. The quantitative estimate of drug-likeness (QED) is 0.396. The molecule has 7 nitrogen and oxygen atoms in total. The largest absolute Gasteiger partial charge is 0.465 e. The zero-order valence-electron chi connectivity index (χ0n) is 7.63. The standard InChI is InChI=1S/C7H12N4O3/c8-10-9-3-7(5-12)1-2-11(4-7)6(13)14/h12H,1-5H2,(H,13,14). The number of carboxylic acid groups (broad SMARTS) is 1. The summed E-state index contributed by atoms with van der Waals surface area (Å²) in [5, 5.41) is 21.2. The van der Waals surface area contributed by atoms with E-state index in [0.717, 1.165) is 0 Å². The van der Waals surface area contributed by atoms with Crippen LogP contribution < -0.4 is 0 Å². The molecule has 1 heterocycles. The van der Waals surface area contributed by atoms with E-state index in [1.807, 2.05) is 0 Å².